The number of nitrogens with zero attached hydrogens (tertiary/aromatic N) is 2. The Balaban J connectivity index is 2.06. The predicted molar refractivity (Wildman–Crippen MR) is 65.5 cm³/mol. The molecule has 2 aromatic rings. The van der Waals surface area contributed by atoms with Crippen molar-refractivity contribution in [3.8, 4) is 5.75 Å². The van der Waals surface area contributed by atoms with Gasteiger partial charge in [-0.2, -0.15) is 5.10 Å². The van der Waals surface area contributed by atoms with E-state index in [1.54, 1.807) is 35.3 Å². The van der Waals surface area contributed by atoms with Gasteiger partial charge >= 0.3 is 5.97 Å². The van der Waals surface area contributed by atoms with E-state index >= 15 is 0 Å². The summed E-state index contributed by atoms with van der Waals surface area (Å²) in [6, 6.07) is 6.45. The number of rotatable bonds is 5. The van der Waals surface area contributed by atoms with E-state index in [1.807, 2.05) is 0 Å². The maximum Gasteiger partial charge on any atom is 0.339 e. The quantitative estimate of drug-likeness (QED) is 0.776. The van der Waals surface area contributed by atoms with Crippen LogP contribution in [-0.4, -0.2) is 27.5 Å². The standard InChI is InChI=1S/C12H13N3O3/c13-10-4-1-3-9(12(16)17)11(10)18-8-7-15-6-2-5-14-15/h1-6H,7-8,13H2,(H,16,17). The third kappa shape index (κ3) is 2.60. The molecule has 0 saturated carbocycles. The fourth-order valence-electron chi connectivity index (χ4n) is 1.56. The van der Waals surface area contributed by atoms with Crippen LogP contribution >= 0.6 is 0 Å². The number of nitrogen functional groups attached to an aromatic ring is 1. The van der Waals surface area contributed by atoms with Gasteiger partial charge in [0.25, 0.3) is 0 Å². The summed E-state index contributed by atoms with van der Waals surface area (Å²) in [4.78, 5) is 11.0. The van der Waals surface area contributed by atoms with Gasteiger partial charge in [-0.15, -0.1) is 0 Å². The summed E-state index contributed by atoms with van der Waals surface area (Å²) >= 11 is 0. The lowest BCUT2D eigenvalue weighted by Gasteiger charge is -2.11. The zero-order valence-electron chi connectivity index (χ0n) is 9.61. The fourth-order valence-corrected chi connectivity index (χ4v) is 1.56. The van der Waals surface area contributed by atoms with Gasteiger partial charge in [-0.1, -0.05) is 6.07 Å². The number of hydrogen-bond donors (Lipinski definition) is 2. The van der Waals surface area contributed by atoms with Crippen LogP contribution in [0, 0.1) is 0 Å². The van der Waals surface area contributed by atoms with Gasteiger partial charge < -0.3 is 15.6 Å². The first kappa shape index (κ1) is 12.0. The minimum absolute atomic E-state index is 0.0652. The number of anilines is 1. The van der Waals surface area contributed by atoms with Crippen molar-refractivity contribution in [1.29, 1.82) is 0 Å². The van der Waals surface area contributed by atoms with E-state index in [0.717, 1.165) is 0 Å². The normalized spacial score (nSPS) is 10.2. The molecule has 94 valence electrons. The minimum atomic E-state index is -1.06. The van der Waals surface area contributed by atoms with Crippen molar-refractivity contribution in [2.45, 2.75) is 6.54 Å². The molecule has 0 bridgehead atoms. The summed E-state index contributed by atoms with van der Waals surface area (Å²) in [5.41, 5.74) is 6.09. The maximum absolute atomic E-state index is 11.0. The summed E-state index contributed by atoms with van der Waals surface area (Å²) < 4.78 is 7.13. The van der Waals surface area contributed by atoms with Crippen LogP contribution in [-0.2, 0) is 6.54 Å². The van der Waals surface area contributed by atoms with Gasteiger partial charge in [0.15, 0.2) is 5.75 Å². The minimum Gasteiger partial charge on any atom is -0.489 e. The largest absolute Gasteiger partial charge is 0.489 e. The Labute approximate surface area is 104 Å². The highest BCUT2D eigenvalue weighted by Crippen LogP contribution is 2.26. The molecule has 0 aliphatic rings. The molecule has 2 rings (SSSR count). The second-order valence-electron chi connectivity index (χ2n) is 3.65. The third-order valence-electron chi connectivity index (χ3n) is 2.40. The van der Waals surface area contributed by atoms with Crippen LogP contribution < -0.4 is 10.5 Å². The van der Waals surface area contributed by atoms with E-state index < -0.39 is 5.97 Å². The number of carbonyl (C=O) groups is 1. The number of aromatic nitrogens is 2. The molecule has 0 saturated heterocycles. The zero-order valence-corrected chi connectivity index (χ0v) is 9.61. The Morgan fingerprint density at radius 2 is 2.28 bits per heavy atom. The number of para-hydroxylation sites is 1. The highest BCUT2D eigenvalue weighted by atomic mass is 16.5. The molecule has 0 unspecified atom stereocenters. The molecule has 0 atom stereocenters. The van der Waals surface area contributed by atoms with Crippen molar-refractivity contribution < 1.29 is 14.6 Å². The van der Waals surface area contributed by atoms with Crippen molar-refractivity contribution >= 4 is 11.7 Å². The third-order valence-corrected chi connectivity index (χ3v) is 2.40. The molecule has 0 radical (unpaired) electrons. The lowest BCUT2D eigenvalue weighted by Crippen LogP contribution is -2.12. The number of ether oxygens (including phenoxy) is 1. The average molecular weight is 247 g/mol. The van der Waals surface area contributed by atoms with Gasteiger partial charge in [0.2, 0.25) is 0 Å². The Hall–Kier alpha value is -2.50. The van der Waals surface area contributed by atoms with E-state index in [0.29, 0.717) is 18.8 Å². The van der Waals surface area contributed by atoms with Gasteiger partial charge in [-0.3, -0.25) is 4.68 Å². The smallest absolute Gasteiger partial charge is 0.339 e. The molecule has 1 aromatic carbocycles. The van der Waals surface area contributed by atoms with Crippen LogP contribution in [0.3, 0.4) is 0 Å². The Morgan fingerprint density at radius 1 is 1.44 bits per heavy atom. The van der Waals surface area contributed by atoms with Gasteiger partial charge in [0.1, 0.15) is 12.2 Å². The average Bonchev–Trinajstić information content (AvgIpc) is 2.84. The first-order valence-electron chi connectivity index (χ1n) is 5.40. The first-order valence-corrected chi connectivity index (χ1v) is 5.40. The van der Waals surface area contributed by atoms with Crippen LogP contribution in [0.2, 0.25) is 0 Å². The maximum atomic E-state index is 11.0. The second-order valence-corrected chi connectivity index (χ2v) is 3.65. The molecule has 1 aromatic heterocycles. The number of benzene rings is 1. The molecule has 0 aliphatic heterocycles. The van der Waals surface area contributed by atoms with Gasteiger partial charge in [-0.05, 0) is 18.2 Å². The van der Waals surface area contributed by atoms with Crippen LogP contribution in [0.4, 0.5) is 5.69 Å². The fraction of sp³-hybridized carbons (Fsp3) is 0.167. The van der Waals surface area contributed by atoms with Crippen molar-refractivity contribution in [3.05, 3.63) is 42.2 Å². The van der Waals surface area contributed by atoms with E-state index in [4.69, 9.17) is 15.6 Å². The van der Waals surface area contributed by atoms with E-state index in [2.05, 4.69) is 5.10 Å². The Kier molecular flexibility index (Phi) is 3.47. The number of carboxylic acids is 1. The highest BCUT2D eigenvalue weighted by Gasteiger charge is 2.13. The molecular formula is C12H13N3O3. The topological polar surface area (TPSA) is 90.4 Å². The lowest BCUT2D eigenvalue weighted by atomic mass is 10.2. The Bertz CT molecular complexity index is 538. The molecular weight excluding hydrogens is 234 g/mol. The number of hydrogen-bond acceptors (Lipinski definition) is 4. The number of nitrogens with two attached hydrogens (primary N) is 1. The Morgan fingerprint density at radius 3 is 2.94 bits per heavy atom. The van der Waals surface area contributed by atoms with E-state index in [1.165, 1.54) is 6.07 Å². The molecule has 0 amide bonds. The van der Waals surface area contributed by atoms with Gasteiger partial charge in [0, 0.05) is 12.4 Å². The van der Waals surface area contributed by atoms with E-state index in [-0.39, 0.29) is 11.3 Å². The second kappa shape index (κ2) is 5.22. The monoisotopic (exact) mass is 247 g/mol. The predicted octanol–water partition coefficient (Wildman–Crippen LogP) is 1.24. The SMILES string of the molecule is Nc1cccc(C(=O)O)c1OCCn1cccn1. The van der Waals surface area contributed by atoms with Crippen LogP contribution in [0.25, 0.3) is 0 Å². The van der Waals surface area contributed by atoms with Gasteiger partial charge in [-0.25, -0.2) is 4.79 Å². The van der Waals surface area contributed by atoms with Crippen molar-refractivity contribution in [3.63, 3.8) is 0 Å². The molecule has 0 aliphatic carbocycles. The van der Waals surface area contributed by atoms with Crippen LogP contribution in [0.5, 0.6) is 5.75 Å². The molecule has 6 heteroatoms. The summed E-state index contributed by atoms with van der Waals surface area (Å²) in [7, 11) is 0. The van der Waals surface area contributed by atoms with Crippen LogP contribution in [0.15, 0.2) is 36.7 Å². The molecule has 3 N–H and O–H groups in total. The summed E-state index contributed by atoms with van der Waals surface area (Å²) in [5.74, 6) is -0.853. The molecule has 0 spiro atoms. The zero-order chi connectivity index (χ0) is 13.0. The number of aromatic carboxylic acids is 1. The van der Waals surface area contributed by atoms with E-state index in [9.17, 15) is 4.79 Å². The van der Waals surface area contributed by atoms with Crippen molar-refractivity contribution in [1.82, 2.24) is 9.78 Å². The van der Waals surface area contributed by atoms with Crippen molar-refractivity contribution in [2.75, 3.05) is 12.3 Å². The lowest BCUT2D eigenvalue weighted by molar-refractivity contribution is 0.0692. The number of carboxylic acid groups (broad SMARTS) is 1. The summed E-state index contributed by atoms with van der Waals surface area (Å²) in [6.07, 6.45) is 3.47. The molecule has 18 heavy (non-hydrogen) atoms. The van der Waals surface area contributed by atoms with Gasteiger partial charge in [0.05, 0.1) is 12.2 Å². The van der Waals surface area contributed by atoms with Crippen molar-refractivity contribution in [2.24, 2.45) is 0 Å². The molecule has 0 fully saturated rings. The molecule has 1 heterocycles. The summed E-state index contributed by atoms with van der Waals surface area (Å²) in [5, 5.41) is 13.0. The highest BCUT2D eigenvalue weighted by molar-refractivity contribution is 5.93. The molecule has 6 nitrogen and oxygen atoms in total. The first-order chi connectivity index (χ1) is 8.68. The summed E-state index contributed by atoms with van der Waals surface area (Å²) in [6.45, 7) is 0.830. The van der Waals surface area contributed by atoms with Crippen LogP contribution in [0.1, 0.15) is 10.4 Å².